The van der Waals surface area contributed by atoms with E-state index in [4.69, 9.17) is 5.26 Å². The van der Waals surface area contributed by atoms with Crippen LogP contribution in [0.4, 0.5) is 22.0 Å². The van der Waals surface area contributed by atoms with E-state index in [-0.39, 0.29) is 22.8 Å². The van der Waals surface area contributed by atoms with Gasteiger partial charge in [0.25, 0.3) is 11.8 Å². The predicted octanol–water partition coefficient (Wildman–Crippen LogP) is 2.27. The molecule has 1 aromatic heterocycles. The van der Waals surface area contributed by atoms with E-state index in [1.165, 1.54) is 5.38 Å². The summed E-state index contributed by atoms with van der Waals surface area (Å²) in [4.78, 5) is 29.0. The van der Waals surface area contributed by atoms with Crippen LogP contribution in [0, 0.1) is 11.3 Å². The van der Waals surface area contributed by atoms with Gasteiger partial charge in [-0.2, -0.15) is 18.4 Å². The van der Waals surface area contributed by atoms with Crippen molar-refractivity contribution in [3.63, 3.8) is 0 Å². The van der Waals surface area contributed by atoms with Crippen LogP contribution in [0.5, 0.6) is 0 Å². The normalized spacial score (nSPS) is 17.6. The van der Waals surface area contributed by atoms with Gasteiger partial charge >= 0.3 is 6.18 Å². The minimum atomic E-state index is -4.54. The van der Waals surface area contributed by atoms with Crippen LogP contribution >= 0.6 is 11.3 Å². The fourth-order valence-electron chi connectivity index (χ4n) is 3.27. The first kappa shape index (κ1) is 27.4. The maximum Gasteiger partial charge on any atom is 0.416 e. The van der Waals surface area contributed by atoms with Crippen LogP contribution in [0.25, 0.3) is 0 Å². The second kappa shape index (κ2) is 10.4. The standard InChI is InChI=1S/C20H18F5N5O4S2/c21-19(22)5-14(6-26)30(11-19)17(31)8-27-18(32)15-9-35-16(29-15)7-28-36(33,34)10-12-1-3-13(4-2-12)20(23,24)25/h1-4,9,14,28H,5,7-8,10-11H2,(H,27,32)/t14-/m0/s1. The van der Waals surface area contributed by atoms with Crippen LogP contribution in [-0.2, 0) is 33.3 Å². The zero-order chi connectivity index (χ0) is 26.7. The van der Waals surface area contributed by atoms with E-state index < -0.39 is 70.8 Å². The summed E-state index contributed by atoms with van der Waals surface area (Å²) in [5.41, 5.74) is -0.919. The van der Waals surface area contributed by atoms with Crippen molar-refractivity contribution in [3.8, 4) is 6.07 Å². The molecule has 9 nitrogen and oxygen atoms in total. The number of alkyl halides is 5. The lowest BCUT2D eigenvalue weighted by Crippen LogP contribution is -2.43. The molecular formula is C20H18F5N5O4S2. The van der Waals surface area contributed by atoms with Gasteiger partial charge in [0.05, 0.1) is 37.0 Å². The molecule has 0 unspecified atom stereocenters. The number of carbonyl (C=O) groups excluding carboxylic acids is 2. The molecule has 3 rings (SSSR count). The molecule has 1 aliphatic rings. The molecule has 1 atom stereocenters. The summed E-state index contributed by atoms with van der Waals surface area (Å²) < 4.78 is 91.5. The Labute approximate surface area is 206 Å². The highest BCUT2D eigenvalue weighted by atomic mass is 32.2. The molecule has 16 heteroatoms. The number of nitriles is 1. The van der Waals surface area contributed by atoms with Gasteiger partial charge in [0.2, 0.25) is 15.9 Å². The zero-order valence-corrected chi connectivity index (χ0v) is 19.8. The Morgan fingerprint density at radius 2 is 1.92 bits per heavy atom. The van der Waals surface area contributed by atoms with Crippen LogP contribution in [0.15, 0.2) is 29.6 Å². The van der Waals surface area contributed by atoms with Crippen molar-refractivity contribution in [1.29, 1.82) is 5.26 Å². The summed E-state index contributed by atoms with van der Waals surface area (Å²) in [6.45, 7) is -1.86. The average molecular weight is 552 g/mol. The smallest absolute Gasteiger partial charge is 0.342 e. The fourth-order valence-corrected chi connectivity index (χ4v) is 5.17. The van der Waals surface area contributed by atoms with Crippen molar-refractivity contribution in [2.75, 3.05) is 13.1 Å². The number of hydrogen-bond donors (Lipinski definition) is 2. The number of nitrogens with one attached hydrogen (secondary N) is 2. The molecular weight excluding hydrogens is 533 g/mol. The van der Waals surface area contributed by atoms with E-state index in [1.807, 2.05) is 0 Å². The van der Waals surface area contributed by atoms with Crippen LogP contribution in [-0.4, -0.2) is 55.2 Å². The summed E-state index contributed by atoms with van der Waals surface area (Å²) in [7, 11) is -3.94. The molecule has 2 amide bonds. The summed E-state index contributed by atoms with van der Waals surface area (Å²) >= 11 is 0.931. The van der Waals surface area contributed by atoms with Crippen LogP contribution in [0.1, 0.15) is 33.0 Å². The quantitative estimate of drug-likeness (QED) is 0.484. The van der Waals surface area contributed by atoms with E-state index in [2.05, 4.69) is 15.0 Å². The number of rotatable bonds is 8. The topological polar surface area (TPSA) is 132 Å². The lowest BCUT2D eigenvalue weighted by atomic mass is 10.1. The molecule has 1 fully saturated rings. The van der Waals surface area contributed by atoms with E-state index in [0.717, 1.165) is 35.6 Å². The van der Waals surface area contributed by atoms with Gasteiger partial charge in [-0.05, 0) is 17.7 Å². The first-order valence-electron chi connectivity index (χ1n) is 10.1. The van der Waals surface area contributed by atoms with Crippen LogP contribution in [0.2, 0.25) is 0 Å². The van der Waals surface area contributed by atoms with Gasteiger partial charge < -0.3 is 10.2 Å². The van der Waals surface area contributed by atoms with Crippen LogP contribution in [0.3, 0.4) is 0 Å². The molecule has 1 saturated heterocycles. The van der Waals surface area contributed by atoms with Crippen molar-refractivity contribution in [2.45, 2.75) is 36.9 Å². The van der Waals surface area contributed by atoms with Gasteiger partial charge in [-0.25, -0.2) is 26.9 Å². The summed E-state index contributed by atoms with van der Waals surface area (Å²) in [5, 5.41) is 12.6. The van der Waals surface area contributed by atoms with Crippen LogP contribution < -0.4 is 10.0 Å². The van der Waals surface area contributed by atoms with Crippen molar-refractivity contribution in [1.82, 2.24) is 19.9 Å². The van der Waals surface area contributed by atoms with Gasteiger partial charge in [0.1, 0.15) is 16.7 Å². The first-order valence-corrected chi connectivity index (χ1v) is 12.7. The Balaban J connectivity index is 1.50. The Morgan fingerprint density at radius 3 is 2.53 bits per heavy atom. The van der Waals surface area contributed by atoms with Gasteiger partial charge in [-0.15, -0.1) is 11.3 Å². The lowest BCUT2D eigenvalue weighted by molar-refractivity contribution is -0.137. The second-order valence-electron chi connectivity index (χ2n) is 7.81. The molecule has 0 saturated carbocycles. The largest absolute Gasteiger partial charge is 0.416 e. The number of hydrogen-bond acceptors (Lipinski definition) is 7. The highest BCUT2D eigenvalue weighted by Crippen LogP contribution is 2.31. The predicted molar refractivity (Wildman–Crippen MR) is 116 cm³/mol. The van der Waals surface area contributed by atoms with Gasteiger partial charge in [0, 0.05) is 11.8 Å². The molecule has 1 aromatic carbocycles. The maximum absolute atomic E-state index is 13.5. The minimum absolute atomic E-state index is 0.133. The summed E-state index contributed by atoms with van der Waals surface area (Å²) in [5.74, 6) is -5.44. The van der Waals surface area contributed by atoms with E-state index in [0.29, 0.717) is 4.90 Å². The second-order valence-corrected chi connectivity index (χ2v) is 10.6. The maximum atomic E-state index is 13.5. The molecule has 2 N–H and O–H groups in total. The molecule has 0 bridgehead atoms. The monoisotopic (exact) mass is 551 g/mol. The van der Waals surface area contributed by atoms with Gasteiger partial charge in [-0.3, -0.25) is 9.59 Å². The third-order valence-corrected chi connectivity index (χ3v) is 7.15. The number of benzene rings is 1. The molecule has 2 heterocycles. The average Bonchev–Trinajstić information content (AvgIpc) is 3.39. The number of nitrogens with zero attached hydrogens (tertiary/aromatic N) is 3. The fraction of sp³-hybridized carbons (Fsp3) is 0.400. The van der Waals surface area contributed by atoms with Crippen molar-refractivity contribution in [3.05, 3.63) is 51.5 Å². The summed E-state index contributed by atoms with van der Waals surface area (Å²) in [6.07, 6.45) is -5.33. The number of aromatic nitrogens is 1. The van der Waals surface area contributed by atoms with Gasteiger partial charge in [-0.1, -0.05) is 12.1 Å². The number of likely N-dealkylation sites (tertiary alicyclic amines) is 1. The van der Waals surface area contributed by atoms with Crippen molar-refractivity contribution in [2.24, 2.45) is 0 Å². The molecule has 0 aliphatic carbocycles. The van der Waals surface area contributed by atoms with Crippen molar-refractivity contribution >= 4 is 33.2 Å². The molecule has 194 valence electrons. The Bertz CT molecular complexity index is 1270. The number of halogens is 5. The van der Waals surface area contributed by atoms with E-state index >= 15 is 0 Å². The van der Waals surface area contributed by atoms with E-state index in [1.54, 1.807) is 6.07 Å². The highest BCUT2D eigenvalue weighted by molar-refractivity contribution is 7.88. The van der Waals surface area contributed by atoms with Gasteiger partial charge in [0.15, 0.2) is 0 Å². The molecule has 0 radical (unpaired) electrons. The minimum Gasteiger partial charge on any atom is -0.342 e. The zero-order valence-electron chi connectivity index (χ0n) is 18.2. The first-order chi connectivity index (χ1) is 16.7. The molecule has 2 aromatic rings. The number of thiazole rings is 1. The summed E-state index contributed by atoms with van der Waals surface area (Å²) in [6, 6.07) is 3.98. The SMILES string of the molecule is N#C[C@@H]1CC(F)(F)CN1C(=O)CNC(=O)c1csc(CNS(=O)(=O)Cc2ccc(C(F)(F)F)cc2)n1. The lowest BCUT2D eigenvalue weighted by Gasteiger charge is -2.19. The highest BCUT2D eigenvalue weighted by Gasteiger charge is 2.47. The van der Waals surface area contributed by atoms with Crippen molar-refractivity contribution < 1.29 is 40.0 Å². The third-order valence-electron chi connectivity index (χ3n) is 5.01. The number of amides is 2. The number of sulfonamides is 1. The Kier molecular flexibility index (Phi) is 7.96. The molecule has 36 heavy (non-hydrogen) atoms. The number of carbonyl (C=O) groups is 2. The molecule has 1 aliphatic heterocycles. The van der Waals surface area contributed by atoms with E-state index in [9.17, 15) is 40.0 Å². The Morgan fingerprint density at radius 1 is 1.25 bits per heavy atom. The molecule has 0 spiro atoms. The third kappa shape index (κ3) is 7.18. The Hall–Kier alpha value is -3.16.